The van der Waals surface area contributed by atoms with Crippen molar-refractivity contribution in [1.82, 2.24) is 10.2 Å². The highest BCUT2D eigenvalue weighted by Gasteiger charge is 2.29. The highest BCUT2D eigenvalue weighted by molar-refractivity contribution is 5.97. The third-order valence-electron chi connectivity index (χ3n) is 4.86. The molecule has 0 radical (unpaired) electrons. The van der Waals surface area contributed by atoms with Gasteiger partial charge in [-0.1, -0.05) is 6.07 Å². The summed E-state index contributed by atoms with van der Waals surface area (Å²) in [6, 6.07) is 7.83. The number of carbonyl (C=O) groups excluding carboxylic acids is 1. The molecule has 110 valence electrons. The molecule has 1 aromatic heterocycles. The van der Waals surface area contributed by atoms with Crippen LogP contribution in [0.3, 0.4) is 0 Å². The number of carbonyl (C=O) groups is 1. The van der Waals surface area contributed by atoms with E-state index in [9.17, 15) is 4.79 Å². The van der Waals surface area contributed by atoms with Crippen LogP contribution in [0, 0.1) is 5.92 Å². The Morgan fingerprint density at radius 2 is 2.10 bits per heavy atom. The second-order valence-electron chi connectivity index (χ2n) is 6.32. The maximum atomic E-state index is 12.5. The fourth-order valence-electron chi connectivity index (χ4n) is 3.66. The zero-order valence-corrected chi connectivity index (χ0v) is 12.0. The van der Waals surface area contributed by atoms with Crippen molar-refractivity contribution in [3.05, 3.63) is 36.1 Å². The Labute approximate surface area is 124 Å². The quantitative estimate of drug-likeness (QED) is 0.922. The number of benzene rings is 1. The summed E-state index contributed by atoms with van der Waals surface area (Å²) in [7, 11) is 0. The highest BCUT2D eigenvalue weighted by atomic mass is 16.3. The lowest BCUT2D eigenvalue weighted by molar-refractivity contribution is 0.0929. The second-order valence-corrected chi connectivity index (χ2v) is 6.32. The number of fused-ring (bicyclic) bond motifs is 5. The first kappa shape index (κ1) is 12.9. The van der Waals surface area contributed by atoms with E-state index in [1.807, 2.05) is 24.3 Å². The summed E-state index contributed by atoms with van der Waals surface area (Å²) in [6.45, 7) is 3.37. The number of nitrogens with zero attached hydrogens (tertiary/aromatic N) is 1. The lowest BCUT2D eigenvalue weighted by Gasteiger charge is -2.26. The Balaban J connectivity index is 1.49. The number of hydrogen-bond acceptors (Lipinski definition) is 3. The predicted octanol–water partition coefficient (Wildman–Crippen LogP) is 2.65. The Morgan fingerprint density at radius 3 is 2.95 bits per heavy atom. The molecular weight excluding hydrogens is 264 g/mol. The molecule has 1 amide bonds. The van der Waals surface area contributed by atoms with E-state index in [1.165, 1.54) is 25.9 Å². The molecule has 3 aliphatic heterocycles. The van der Waals surface area contributed by atoms with Gasteiger partial charge in [0, 0.05) is 23.5 Å². The van der Waals surface area contributed by atoms with E-state index in [0.717, 1.165) is 29.9 Å². The van der Waals surface area contributed by atoms with Gasteiger partial charge in [0.25, 0.3) is 5.91 Å². The number of amides is 1. The molecule has 0 spiro atoms. The van der Waals surface area contributed by atoms with E-state index in [4.69, 9.17) is 4.42 Å². The smallest absolute Gasteiger partial charge is 0.251 e. The highest BCUT2D eigenvalue weighted by Crippen LogP contribution is 2.27. The van der Waals surface area contributed by atoms with Crippen molar-refractivity contribution < 1.29 is 9.21 Å². The van der Waals surface area contributed by atoms with Crippen LogP contribution >= 0.6 is 0 Å². The van der Waals surface area contributed by atoms with Crippen LogP contribution in [-0.4, -0.2) is 36.5 Å². The maximum absolute atomic E-state index is 12.5. The van der Waals surface area contributed by atoms with Gasteiger partial charge >= 0.3 is 0 Å². The fourth-order valence-corrected chi connectivity index (χ4v) is 3.66. The molecule has 21 heavy (non-hydrogen) atoms. The Bertz CT molecular complexity index is 642. The third-order valence-corrected chi connectivity index (χ3v) is 4.86. The van der Waals surface area contributed by atoms with Gasteiger partial charge in [0.2, 0.25) is 0 Å². The number of piperidine rings is 1. The number of furan rings is 1. The van der Waals surface area contributed by atoms with E-state index < -0.39 is 0 Å². The van der Waals surface area contributed by atoms with E-state index in [1.54, 1.807) is 6.26 Å². The number of hydrogen-bond donors (Lipinski definition) is 1. The zero-order valence-electron chi connectivity index (χ0n) is 12.0. The Kier molecular flexibility index (Phi) is 3.19. The van der Waals surface area contributed by atoms with Crippen molar-refractivity contribution in [1.29, 1.82) is 0 Å². The first-order chi connectivity index (χ1) is 10.3. The summed E-state index contributed by atoms with van der Waals surface area (Å²) in [5, 5.41) is 4.24. The molecule has 2 bridgehead atoms. The van der Waals surface area contributed by atoms with Gasteiger partial charge in [0.15, 0.2) is 0 Å². The van der Waals surface area contributed by atoms with Crippen molar-refractivity contribution in [2.24, 2.45) is 5.92 Å². The molecule has 2 aromatic rings. The molecule has 1 N–H and O–H groups in total. The van der Waals surface area contributed by atoms with Crippen LogP contribution in [0.15, 0.2) is 34.9 Å². The molecule has 3 saturated heterocycles. The van der Waals surface area contributed by atoms with Gasteiger partial charge < -0.3 is 14.6 Å². The van der Waals surface area contributed by atoms with Gasteiger partial charge in [-0.15, -0.1) is 0 Å². The second kappa shape index (κ2) is 5.19. The van der Waals surface area contributed by atoms with Gasteiger partial charge in [-0.25, -0.2) is 0 Å². The summed E-state index contributed by atoms with van der Waals surface area (Å²) in [5.74, 6) is 0.794. The van der Waals surface area contributed by atoms with Crippen molar-refractivity contribution in [3.63, 3.8) is 0 Å². The molecule has 4 nitrogen and oxygen atoms in total. The lowest BCUT2D eigenvalue weighted by Crippen LogP contribution is -2.41. The summed E-state index contributed by atoms with van der Waals surface area (Å²) < 4.78 is 5.37. The molecule has 1 aromatic carbocycles. The van der Waals surface area contributed by atoms with Crippen LogP contribution in [0.25, 0.3) is 11.0 Å². The minimum Gasteiger partial charge on any atom is -0.464 e. The van der Waals surface area contributed by atoms with E-state index in [-0.39, 0.29) is 11.9 Å². The van der Waals surface area contributed by atoms with Crippen LogP contribution < -0.4 is 5.32 Å². The zero-order chi connectivity index (χ0) is 14.2. The van der Waals surface area contributed by atoms with Crippen molar-refractivity contribution >= 4 is 16.9 Å². The van der Waals surface area contributed by atoms with Crippen LogP contribution in [0.5, 0.6) is 0 Å². The van der Waals surface area contributed by atoms with Gasteiger partial charge in [-0.3, -0.25) is 4.79 Å². The first-order valence-corrected chi connectivity index (χ1v) is 7.78. The summed E-state index contributed by atoms with van der Waals surface area (Å²) in [5.41, 5.74) is 1.45. The van der Waals surface area contributed by atoms with Crippen LogP contribution in [-0.2, 0) is 0 Å². The van der Waals surface area contributed by atoms with Gasteiger partial charge in [0.05, 0.1) is 6.26 Å². The average Bonchev–Trinajstić information content (AvgIpc) is 2.78. The van der Waals surface area contributed by atoms with Crippen molar-refractivity contribution in [2.75, 3.05) is 19.6 Å². The average molecular weight is 284 g/mol. The Hall–Kier alpha value is -1.81. The van der Waals surface area contributed by atoms with Crippen LogP contribution in [0.2, 0.25) is 0 Å². The normalized spacial score (nSPS) is 28.5. The maximum Gasteiger partial charge on any atom is 0.251 e. The third kappa shape index (κ3) is 2.56. The van der Waals surface area contributed by atoms with Crippen LogP contribution in [0.4, 0.5) is 0 Å². The first-order valence-electron chi connectivity index (χ1n) is 7.78. The molecule has 4 heteroatoms. The van der Waals surface area contributed by atoms with Crippen LogP contribution in [0.1, 0.15) is 29.6 Å². The molecular formula is C17H20N2O2. The molecule has 1 atom stereocenters. The summed E-state index contributed by atoms with van der Waals surface area (Å²) in [6.07, 6.45) is 5.34. The molecule has 5 rings (SSSR count). The molecule has 0 aliphatic carbocycles. The van der Waals surface area contributed by atoms with Gasteiger partial charge in [-0.05, 0) is 56.5 Å². The van der Waals surface area contributed by atoms with E-state index in [0.29, 0.717) is 5.56 Å². The minimum atomic E-state index is 0.0146. The molecule has 3 fully saturated rings. The number of rotatable bonds is 2. The summed E-state index contributed by atoms with van der Waals surface area (Å²) >= 11 is 0. The molecule has 4 heterocycles. The standard InChI is InChI=1S/C17H20N2O2/c20-17(14-2-1-13-5-8-21-16(13)10-14)18-15-9-12-3-6-19(11-15)7-4-12/h1-2,5,8,10,12,15H,3-4,6-7,9,11H2,(H,18,20). The molecule has 3 aliphatic rings. The largest absolute Gasteiger partial charge is 0.464 e. The van der Waals surface area contributed by atoms with Gasteiger partial charge in [0.1, 0.15) is 5.58 Å². The SMILES string of the molecule is O=C(NC1CC2CCN(CC2)C1)c1ccc2ccoc2c1. The molecule has 0 saturated carbocycles. The summed E-state index contributed by atoms with van der Waals surface area (Å²) in [4.78, 5) is 14.9. The van der Waals surface area contributed by atoms with E-state index in [2.05, 4.69) is 10.2 Å². The van der Waals surface area contributed by atoms with Crippen molar-refractivity contribution in [2.45, 2.75) is 25.3 Å². The molecule has 1 unspecified atom stereocenters. The Morgan fingerprint density at radius 1 is 1.24 bits per heavy atom. The van der Waals surface area contributed by atoms with Crippen molar-refractivity contribution in [3.8, 4) is 0 Å². The lowest BCUT2D eigenvalue weighted by atomic mass is 9.94. The van der Waals surface area contributed by atoms with Gasteiger partial charge in [-0.2, -0.15) is 0 Å². The fraction of sp³-hybridized carbons (Fsp3) is 0.471. The monoisotopic (exact) mass is 284 g/mol. The minimum absolute atomic E-state index is 0.0146. The predicted molar refractivity (Wildman–Crippen MR) is 81.2 cm³/mol. The topological polar surface area (TPSA) is 45.5 Å². The number of nitrogens with one attached hydrogen (secondary N) is 1. The van der Waals surface area contributed by atoms with E-state index >= 15 is 0 Å².